The van der Waals surface area contributed by atoms with Gasteiger partial charge in [-0.3, -0.25) is 4.98 Å². The van der Waals surface area contributed by atoms with Gasteiger partial charge in [-0.25, -0.2) is 0 Å². The minimum absolute atomic E-state index is 0.849. The number of hydrogen-bond donors (Lipinski definition) is 0. The Labute approximate surface area is 76.0 Å². The highest BCUT2D eigenvalue weighted by Gasteiger charge is 1.96. The third-order valence-electron chi connectivity index (χ3n) is 1.57. The van der Waals surface area contributed by atoms with Gasteiger partial charge >= 0.3 is 0 Å². The number of hydrogen-bond acceptors (Lipinski definition) is 1. The van der Waals surface area contributed by atoms with Crippen LogP contribution in [-0.2, 0) is 11.8 Å². The summed E-state index contributed by atoms with van der Waals surface area (Å²) >= 11 is 3.39. The van der Waals surface area contributed by atoms with E-state index < -0.39 is 0 Å². The molecule has 0 radical (unpaired) electrons. The first kappa shape index (κ1) is 8.72. The summed E-state index contributed by atoms with van der Waals surface area (Å²) in [6, 6.07) is 4.24. The molecule has 1 rings (SSSR count). The fraction of sp³-hybridized carbons (Fsp3) is 0.444. The zero-order chi connectivity index (χ0) is 8.27. The molecule has 1 aromatic rings. The summed E-state index contributed by atoms with van der Waals surface area (Å²) in [5, 5.41) is 0.849. The molecule has 0 atom stereocenters. The van der Waals surface area contributed by atoms with Crippen molar-refractivity contribution < 1.29 is 0 Å². The summed E-state index contributed by atoms with van der Waals surface area (Å²) in [5.41, 5.74) is 3.60. The lowest BCUT2D eigenvalue weighted by Gasteiger charge is -2.01. The van der Waals surface area contributed by atoms with Crippen LogP contribution in [0.2, 0.25) is 0 Å². The first-order valence-electron chi connectivity index (χ1n) is 3.78. The molecule has 0 aliphatic carbocycles. The lowest BCUT2D eigenvalue weighted by atomic mass is 10.2. The summed E-state index contributed by atoms with van der Waals surface area (Å²) in [6.45, 7) is 4.23. The fourth-order valence-corrected chi connectivity index (χ4v) is 1.35. The van der Waals surface area contributed by atoms with E-state index in [4.69, 9.17) is 0 Å². The molecule has 0 bridgehead atoms. The normalized spacial score (nSPS) is 10.1. The van der Waals surface area contributed by atoms with Gasteiger partial charge in [-0.2, -0.15) is 0 Å². The van der Waals surface area contributed by atoms with Crippen molar-refractivity contribution >= 4 is 15.9 Å². The lowest BCUT2D eigenvalue weighted by molar-refractivity contribution is 0.993. The van der Waals surface area contributed by atoms with Crippen molar-refractivity contribution in [2.45, 2.75) is 25.6 Å². The van der Waals surface area contributed by atoms with Crippen LogP contribution < -0.4 is 0 Å². The van der Waals surface area contributed by atoms with Gasteiger partial charge in [0.25, 0.3) is 0 Å². The maximum Gasteiger partial charge on any atom is 0.0515 e. The van der Waals surface area contributed by atoms with Crippen molar-refractivity contribution in [3.63, 3.8) is 0 Å². The molecular formula is C9H12BrN. The van der Waals surface area contributed by atoms with E-state index in [1.165, 1.54) is 11.3 Å². The summed E-state index contributed by atoms with van der Waals surface area (Å²) in [5.74, 6) is 0. The van der Waals surface area contributed by atoms with Gasteiger partial charge in [-0.15, -0.1) is 0 Å². The molecule has 0 amide bonds. The van der Waals surface area contributed by atoms with E-state index in [1.54, 1.807) is 0 Å². The topological polar surface area (TPSA) is 12.9 Å². The number of alkyl halides is 1. The molecule has 0 spiro atoms. The predicted octanol–water partition coefficient (Wildman–Crippen LogP) is 2.85. The second-order valence-corrected chi connectivity index (χ2v) is 3.18. The van der Waals surface area contributed by atoms with E-state index in [-0.39, 0.29) is 0 Å². The molecule has 0 aromatic carbocycles. The standard InChI is InChI=1S/C9H12BrN/c1-3-8-4-7(2)5-9(6-10)11-8/h4-5H,3,6H2,1-2H3. The smallest absolute Gasteiger partial charge is 0.0515 e. The van der Waals surface area contributed by atoms with Gasteiger partial charge in [0.2, 0.25) is 0 Å². The number of aromatic nitrogens is 1. The van der Waals surface area contributed by atoms with Crippen molar-refractivity contribution in [1.82, 2.24) is 4.98 Å². The van der Waals surface area contributed by atoms with Crippen LogP contribution in [0.3, 0.4) is 0 Å². The van der Waals surface area contributed by atoms with E-state index in [9.17, 15) is 0 Å². The Morgan fingerprint density at radius 3 is 2.55 bits per heavy atom. The lowest BCUT2D eigenvalue weighted by Crippen LogP contribution is -1.93. The van der Waals surface area contributed by atoms with Crippen LogP contribution in [0, 0.1) is 6.92 Å². The van der Waals surface area contributed by atoms with Crippen molar-refractivity contribution in [1.29, 1.82) is 0 Å². The van der Waals surface area contributed by atoms with Crippen LogP contribution in [0.1, 0.15) is 23.9 Å². The third-order valence-corrected chi connectivity index (χ3v) is 2.15. The van der Waals surface area contributed by atoms with Gasteiger partial charge in [0.15, 0.2) is 0 Å². The molecule has 0 fully saturated rings. The molecule has 0 unspecified atom stereocenters. The molecule has 0 saturated heterocycles. The highest BCUT2D eigenvalue weighted by atomic mass is 79.9. The largest absolute Gasteiger partial charge is 0.257 e. The van der Waals surface area contributed by atoms with Crippen LogP contribution in [-0.4, -0.2) is 4.98 Å². The Bertz CT molecular complexity index is 223. The highest BCUT2D eigenvalue weighted by Crippen LogP contribution is 2.08. The SMILES string of the molecule is CCc1cc(C)cc(CBr)n1. The number of nitrogens with zero attached hydrogens (tertiary/aromatic N) is 1. The minimum Gasteiger partial charge on any atom is -0.257 e. The van der Waals surface area contributed by atoms with E-state index in [0.29, 0.717) is 0 Å². The monoisotopic (exact) mass is 213 g/mol. The van der Waals surface area contributed by atoms with Gasteiger partial charge in [0.1, 0.15) is 0 Å². The zero-order valence-electron chi connectivity index (χ0n) is 6.89. The first-order chi connectivity index (χ1) is 5.26. The minimum atomic E-state index is 0.849. The fourth-order valence-electron chi connectivity index (χ4n) is 1.07. The van der Waals surface area contributed by atoms with Gasteiger partial charge in [0, 0.05) is 11.0 Å². The average molecular weight is 214 g/mol. The zero-order valence-corrected chi connectivity index (χ0v) is 8.48. The van der Waals surface area contributed by atoms with Crippen LogP contribution in [0.25, 0.3) is 0 Å². The molecule has 0 saturated carbocycles. The average Bonchev–Trinajstić information content (AvgIpc) is 2.03. The Balaban J connectivity index is 3.02. The number of halogens is 1. The Morgan fingerprint density at radius 2 is 2.00 bits per heavy atom. The molecule has 1 aromatic heterocycles. The maximum absolute atomic E-state index is 4.42. The van der Waals surface area contributed by atoms with Crippen LogP contribution >= 0.6 is 15.9 Å². The number of rotatable bonds is 2. The summed E-state index contributed by atoms with van der Waals surface area (Å²) < 4.78 is 0. The molecule has 1 heterocycles. The predicted molar refractivity (Wildman–Crippen MR) is 51.0 cm³/mol. The Morgan fingerprint density at radius 1 is 1.36 bits per heavy atom. The quantitative estimate of drug-likeness (QED) is 0.690. The molecule has 60 valence electrons. The molecule has 0 aliphatic heterocycles. The van der Waals surface area contributed by atoms with Crippen molar-refractivity contribution in [3.05, 3.63) is 29.1 Å². The molecule has 11 heavy (non-hydrogen) atoms. The molecular weight excluding hydrogens is 202 g/mol. The van der Waals surface area contributed by atoms with Crippen molar-refractivity contribution in [3.8, 4) is 0 Å². The molecule has 0 N–H and O–H groups in total. The van der Waals surface area contributed by atoms with Crippen molar-refractivity contribution in [2.75, 3.05) is 0 Å². The maximum atomic E-state index is 4.42. The Hall–Kier alpha value is -0.370. The van der Waals surface area contributed by atoms with Crippen molar-refractivity contribution in [2.24, 2.45) is 0 Å². The first-order valence-corrected chi connectivity index (χ1v) is 4.90. The van der Waals surface area contributed by atoms with Gasteiger partial charge in [0.05, 0.1) is 5.69 Å². The molecule has 1 nitrogen and oxygen atoms in total. The third kappa shape index (κ3) is 2.29. The summed E-state index contributed by atoms with van der Waals surface area (Å²) in [4.78, 5) is 4.42. The van der Waals surface area contributed by atoms with Crippen LogP contribution in [0.4, 0.5) is 0 Å². The number of aryl methyl sites for hydroxylation is 2. The Kier molecular flexibility index (Phi) is 3.06. The van der Waals surface area contributed by atoms with E-state index in [0.717, 1.165) is 17.4 Å². The summed E-state index contributed by atoms with van der Waals surface area (Å²) in [6.07, 6.45) is 1.02. The molecule has 2 heteroatoms. The van der Waals surface area contributed by atoms with Gasteiger partial charge in [-0.05, 0) is 31.0 Å². The highest BCUT2D eigenvalue weighted by molar-refractivity contribution is 9.08. The number of pyridine rings is 1. The van der Waals surface area contributed by atoms with Crippen LogP contribution in [0.15, 0.2) is 12.1 Å². The van der Waals surface area contributed by atoms with E-state index >= 15 is 0 Å². The van der Waals surface area contributed by atoms with Crippen LogP contribution in [0.5, 0.6) is 0 Å². The molecule has 0 aliphatic rings. The van der Waals surface area contributed by atoms with E-state index in [1.807, 2.05) is 0 Å². The van der Waals surface area contributed by atoms with E-state index in [2.05, 4.69) is 46.9 Å². The second-order valence-electron chi connectivity index (χ2n) is 2.61. The second kappa shape index (κ2) is 3.86. The van der Waals surface area contributed by atoms with Gasteiger partial charge < -0.3 is 0 Å². The van der Waals surface area contributed by atoms with Gasteiger partial charge in [-0.1, -0.05) is 22.9 Å². The summed E-state index contributed by atoms with van der Waals surface area (Å²) in [7, 11) is 0.